The summed E-state index contributed by atoms with van der Waals surface area (Å²) in [6.45, 7) is 2.29. The highest BCUT2D eigenvalue weighted by molar-refractivity contribution is 5.73. The van der Waals surface area contributed by atoms with Crippen LogP contribution in [0.2, 0.25) is 0 Å². The minimum atomic E-state index is 0.0659. The lowest BCUT2D eigenvalue weighted by Crippen LogP contribution is -2.38. The van der Waals surface area contributed by atoms with Gasteiger partial charge < -0.3 is 10.1 Å². The highest BCUT2D eigenvalue weighted by Crippen LogP contribution is 2.35. The minimum absolute atomic E-state index is 0.0659. The van der Waals surface area contributed by atoms with Crippen LogP contribution in [-0.4, -0.2) is 24.7 Å². The summed E-state index contributed by atoms with van der Waals surface area (Å²) in [6.07, 6.45) is 4.09. The maximum atomic E-state index is 10.8. The topological polar surface area (TPSA) is 38.3 Å². The monoisotopic (exact) mass is 169 g/mol. The van der Waals surface area contributed by atoms with Gasteiger partial charge in [0, 0.05) is 12.8 Å². The molecule has 0 radical (unpaired) electrons. The van der Waals surface area contributed by atoms with Crippen molar-refractivity contribution >= 4 is 5.91 Å². The predicted molar refractivity (Wildman–Crippen MR) is 44.7 cm³/mol. The lowest BCUT2D eigenvalue weighted by molar-refractivity contribution is -0.119. The molecule has 12 heavy (non-hydrogen) atoms. The van der Waals surface area contributed by atoms with Crippen LogP contribution in [0.1, 0.15) is 26.2 Å². The van der Waals surface area contributed by atoms with Crippen molar-refractivity contribution in [1.82, 2.24) is 5.32 Å². The molecule has 3 unspecified atom stereocenters. The lowest BCUT2D eigenvalue weighted by atomic mass is 10.00. The zero-order chi connectivity index (χ0) is 8.55. The Morgan fingerprint density at radius 2 is 2.33 bits per heavy atom. The quantitative estimate of drug-likeness (QED) is 0.627. The highest BCUT2D eigenvalue weighted by atomic mass is 16.5. The van der Waals surface area contributed by atoms with Crippen molar-refractivity contribution in [2.75, 3.05) is 6.61 Å². The van der Waals surface area contributed by atoms with E-state index in [2.05, 4.69) is 5.32 Å². The molecule has 0 aromatic carbocycles. The first-order valence-corrected chi connectivity index (χ1v) is 4.66. The number of hydrogen-bond donors (Lipinski definition) is 1. The molecule has 1 amide bonds. The van der Waals surface area contributed by atoms with Crippen LogP contribution in [-0.2, 0) is 9.53 Å². The van der Waals surface area contributed by atoms with E-state index in [4.69, 9.17) is 4.74 Å². The van der Waals surface area contributed by atoms with E-state index in [0.29, 0.717) is 12.0 Å². The van der Waals surface area contributed by atoms with Gasteiger partial charge in [-0.15, -0.1) is 0 Å². The third-order valence-corrected chi connectivity index (χ3v) is 2.90. The fraction of sp³-hybridized carbons (Fsp3) is 0.889. The molecule has 2 fully saturated rings. The Bertz CT molecular complexity index is 193. The number of amides is 1. The molecule has 2 rings (SSSR count). The first-order chi connectivity index (χ1) is 5.77. The molecule has 3 nitrogen and oxygen atoms in total. The molecule has 0 aromatic heterocycles. The maximum absolute atomic E-state index is 10.8. The highest BCUT2D eigenvalue weighted by Gasteiger charge is 2.40. The van der Waals surface area contributed by atoms with Crippen LogP contribution in [0, 0.1) is 5.92 Å². The second-order valence-corrected chi connectivity index (χ2v) is 3.77. The summed E-state index contributed by atoms with van der Waals surface area (Å²) in [5.41, 5.74) is 0. The summed E-state index contributed by atoms with van der Waals surface area (Å²) < 4.78 is 5.58. The normalized spacial score (nSPS) is 39.6. The van der Waals surface area contributed by atoms with Crippen LogP contribution < -0.4 is 5.32 Å². The lowest BCUT2D eigenvalue weighted by Gasteiger charge is -2.16. The number of fused-ring (bicyclic) bond motifs is 1. The fourth-order valence-electron chi connectivity index (χ4n) is 2.38. The van der Waals surface area contributed by atoms with E-state index >= 15 is 0 Å². The molecule has 1 aliphatic heterocycles. The largest absolute Gasteiger partial charge is 0.376 e. The van der Waals surface area contributed by atoms with Gasteiger partial charge in [0.15, 0.2) is 0 Å². The Morgan fingerprint density at radius 1 is 1.50 bits per heavy atom. The second-order valence-electron chi connectivity index (χ2n) is 3.77. The fourth-order valence-corrected chi connectivity index (χ4v) is 2.38. The average Bonchev–Trinajstić information content (AvgIpc) is 2.52. The van der Waals surface area contributed by atoms with Gasteiger partial charge in [-0.05, 0) is 12.8 Å². The maximum Gasteiger partial charge on any atom is 0.217 e. The van der Waals surface area contributed by atoms with Crippen LogP contribution in [0.3, 0.4) is 0 Å². The number of hydrogen-bond acceptors (Lipinski definition) is 2. The molecule has 1 saturated carbocycles. The van der Waals surface area contributed by atoms with Gasteiger partial charge in [0.05, 0.1) is 18.8 Å². The third-order valence-electron chi connectivity index (χ3n) is 2.90. The van der Waals surface area contributed by atoms with Crippen molar-refractivity contribution in [3.05, 3.63) is 0 Å². The van der Waals surface area contributed by atoms with Gasteiger partial charge >= 0.3 is 0 Å². The van der Waals surface area contributed by atoms with Gasteiger partial charge in [0.25, 0.3) is 0 Å². The Hall–Kier alpha value is -0.570. The molecular formula is C9H15NO2. The summed E-state index contributed by atoms with van der Waals surface area (Å²) in [5.74, 6) is 0.657. The molecule has 0 spiro atoms. The Kier molecular flexibility index (Phi) is 2.05. The molecule has 0 bridgehead atoms. The molecule has 1 N–H and O–H groups in total. The van der Waals surface area contributed by atoms with Gasteiger partial charge in [0.1, 0.15) is 0 Å². The smallest absolute Gasteiger partial charge is 0.217 e. The van der Waals surface area contributed by atoms with E-state index in [1.807, 2.05) is 0 Å². The SMILES string of the molecule is CC(=O)NC1COC2CCCC12. The Morgan fingerprint density at radius 3 is 3.08 bits per heavy atom. The van der Waals surface area contributed by atoms with Crippen molar-refractivity contribution in [2.24, 2.45) is 5.92 Å². The average molecular weight is 169 g/mol. The Balaban J connectivity index is 1.95. The van der Waals surface area contributed by atoms with Crippen LogP contribution in [0.15, 0.2) is 0 Å². The molecule has 2 aliphatic rings. The number of rotatable bonds is 1. The van der Waals surface area contributed by atoms with E-state index in [1.54, 1.807) is 6.92 Å². The molecule has 3 heteroatoms. The first-order valence-electron chi connectivity index (χ1n) is 4.66. The molecule has 1 heterocycles. The van der Waals surface area contributed by atoms with Crippen molar-refractivity contribution in [3.63, 3.8) is 0 Å². The number of ether oxygens (including phenoxy) is 1. The van der Waals surface area contributed by atoms with Crippen molar-refractivity contribution in [1.29, 1.82) is 0 Å². The summed E-state index contributed by atoms with van der Waals surface area (Å²) in [5, 5.41) is 2.95. The molecular weight excluding hydrogens is 154 g/mol. The molecule has 1 saturated heterocycles. The van der Waals surface area contributed by atoms with Gasteiger partial charge in [0.2, 0.25) is 5.91 Å². The molecule has 0 aromatic rings. The van der Waals surface area contributed by atoms with E-state index in [1.165, 1.54) is 19.3 Å². The summed E-state index contributed by atoms with van der Waals surface area (Å²) in [6, 6.07) is 0.287. The number of carbonyl (C=O) groups is 1. The van der Waals surface area contributed by atoms with E-state index in [0.717, 1.165) is 6.61 Å². The minimum Gasteiger partial charge on any atom is -0.376 e. The molecule has 1 aliphatic carbocycles. The standard InChI is InChI=1S/C9H15NO2/c1-6(11)10-8-5-12-9-4-2-3-7(8)9/h7-9H,2-5H2,1H3,(H,10,11). The van der Waals surface area contributed by atoms with Crippen molar-refractivity contribution < 1.29 is 9.53 Å². The van der Waals surface area contributed by atoms with Crippen LogP contribution in [0.4, 0.5) is 0 Å². The first kappa shape index (κ1) is 8.05. The van der Waals surface area contributed by atoms with Crippen LogP contribution >= 0.6 is 0 Å². The summed E-state index contributed by atoms with van der Waals surface area (Å²) in [7, 11) is 0. The third kappa shape index (κ3) is 1.33. The second kappa shape index (κ2) is 3.05. The van der Waals surface area contributed by atoms with Crippen LogP contribution in [0.5, 0.6) is 0 Å². The van der Waals surface area contributed by atoms with Gasteiger partial charge in [-0.1, -0.05) is 6.42 Å². The number of nitrogens with one attached hydrogen (secondary N) is 1. The summed E-state index contributed by atoms with van der Waals surface area (Å²) in [4.78, 5) is 10.8. The van der Waals surface area contributed by atoms with E-state index < -0.39 is 0 Å². The van der Waals surface area contributed by atoms with E-state index in [9.17, 15) is 4.79 Å². The zero-order valence-corrected chi connectivity index (χ0v) is 7.38. The van der Waals surface area contributed by atoms with Crippen LogP contribution in [0.25, 0.3) is 0 Å². The van der Waals surface area contributed by atoms with Gasteiger partial charge in [-0.25, -0.2) is 0 Å². The molecule has 3 atom stereocenters. The Labute approximate surface area is 72.5 Å². The van der Waals surface area contributed by atoms with Gasteiger partial charge in [-0.2, -0.15) is 0 Å². The summed E-state index contributed by atoms with van der Waals surface area (Å²) >= 11 is 0. The van der Waals surface area contributed by atoms with Gasteiger partial charge in [-0.3, -0.25) is 4.79 Å². The number of carbonyl (C=O) groups excluding carboxylic acids is 1. The molecule has 68 valence electrons. The predicted octanol–water partition coefficient (Wildman–Crippen LogP) is 0.690. The zero-order valence-electron chi connectivity index (χ0n) is 7.38. The van der Waals surface area contributed by atoms with Crippen molar-refractivity contribution in [2.45, 2.75) is 38.3 Å². The van der Waals surface area contributed by atoms with E-state index in [-0.39, 0.29) is 11.9 Å². The van der Waals surface area contributed by atoms with Crippen molar-refractivity contribution in [3.8, 4) is 0 Å².